The molecule has 3 N–H and O–H groups in total. The lowest BCUT2D eigenvalue weighted by Crippen LogP contribution is -2.30. The largest absolute Gasteiger partial charge is 0.364 e. The van der Waals surface area contributed by atoms with Gasteiger partial charge in [-0.3, -0.25) is 4.79 Å². The Morgan fingerprint density at radius 2 is 2.33 bits per heavy atom. The number of hydrogen-bond acceptors (Lipinski definition) is 3. The van der Waals surface area contributed by atoms with Crippen molar-refractivity contribution in [3.05, 3.63) is 26.8 Å². The van der Waals surface area contributed by atoms with Crippen LogP contribution >= 0.6 is 34.2 Å². The molecule has 1 aliphatic rings. The smallest absolute Gasteiger partial charge is 0.253 e. The van der Waals surface area contributed by atoms with Gasteiger partial charge in [0.25, 0.3) is 5.91 Å². The molecule has 0 radical (unpaired) electrons. The van der Waals surface area contributed by atoms with E-state index in [1.807, 2.05) is 0 Å². The quantitative estimate of drug-likeness (QED) is 0.792. The summed E-state index contributed by atoms with van der Waals surface area (Å²) in [6.07, 6.45) is 1.17. The van der Waals surface area contributed by atoms with E-state index in [0.29, 0.717) is 11.6 Å². The highest BCUT2D eigenvalue weighted by atomic mass is 127. The third kappa shape index (κ3) is 3.34. The van der Waals surface area contributed by atoms with Crippen LogP contribution in [0.15, 0.2) is 18.2 Å². The van der Waals surface area contributed by atoms with Gasteiger partial charge in [-0.2, -0.15) is 0 Å². The Balaban J connectivity index is 1.99. The van der Waals surface area contributed by atoms with Gasteiger partial charge in [0.1, 0.15) is 6.10 Å². The van der Waals surface area contributed by atoms with Crippen LogP contribution in [0.25, 0.3) is 0 Å². The molecule has 1 heterocycles. The lowest BCUT2D eigenvalue weighted by atomic mass is 10.2. The molecule has 98 valence electrons. The number of benzene rings is 1. The Morgan fingerprint density at radius 1 is 1.56 bits per heavy atom. The summed E-state index contributed by atoms with van der Waals surface area (Å²) < 4.78 is 6.45. The fraction of sp³-hybridized carbons (Fsp3) is 0.417. The molecule has 6 heteroatoms. The summed E-state index contributed by atoms with van der Waals surface area (Å²) in [5, 5.41) is 3.50. The van der Waals surface area contributed by atoms with E-state index in [2.05, 4.69) is 27.9 Å². The van der Waals surface area contributed by atoms with Gasteiger partial charge in [0.2, 0.25) is 0 Å². The molecule has 1 aromatic carbocycles. The minimum atomic E-state index is -0.398. The van der Waals surface area contributed by atoms with E-state index in [9.17, 15) is 4.79 Å². The molecule has 0 spiro atoms. The monoisotopic (exact) mass is 380 g/mol. The number of nitrogens with two attached hydrogens (primary N) is 1. The van der Waals surface area contributed by atoms with Gasteiger partial charge in [-0.05, 0) is 53.6 Å². The lowest BCUT2D eigenvalue weighted by molar-refractivity contribution is -0.126. The second-order valence-electron chi connectivity index (χ2n) is 4.17. The molecule has 1 amide bonds. The number of carbonyl (C=O) groups excluding carboxylic acids is 1. The van der Waals surface area contributed by atoms with Crippen molar-refractivity contribution in [3.63, 3.8) is 0 Å². The Morgan fingerprint density at radius 3 is 2.94 bits per heavy atom. The molecule has 0 aliphatic carbocycles. The second kappa shape index (κ2) is 6.18. The second-order valence-corrected chi connectivity index (χ2v) is 5.77. The van der Waals surface area contributed by atoms with Crippen molar-refractivity contribution >= 4 is 45.8 Å². The molecule has 1 aliphatic heterocycles. The number of anilines is 1. The van der Waals surface area contributed by atoms with Crippen LogP contribution in [-0.4, -0.2) is 24.7 Å². The van der Waals surface area contributed by atoms with Gasteiger partial charge in [0.15, 0.2) is 0 Å². The Kier molecular flexibility index (Phi) is 4.83. The van der Waals surface area contributed by atoms with E-state index < -0.39 is 6.10 Å². The SMILES string of the molecule is NCC1CCC(C(=O)Nc2ccc(Cl)cc2I)O1. The average Bonchev–Trinajstić information content (AvgIpc) is 2.81. The molecule has 0 saturated carbocycles. The molecule has 1 fully saturated rings. The third-order valence-electron chi connectivity index (χ3n) is 2.85. The van der Waals surface area contributed by atoms with E-state index in [0.717, 1.165) is 22.1 Å². The summed E-state index contributed by atoms with van der Waals surface area (Å²) in [4.78, 5) is 12.0. The molecule has 1 aromatic rings. The first kappa shape index (κ1) is 14.0. The highest BCUT2D eigenvalue weighted by Gasteiger charge is 2.30. The highest BCUT2D eigenvalue weighted by Crippen LogP contribution is 2.24. The average molecular weight is 381 g/mol. The standard InChI is InChI=1S/C12H14ClIN2O2/c13-7-1-3-10(9(14)5-7)16-12(17)11-4-2-8(6-15)18-11/h1,3,5,8,11H,2,4,6,15H2,(H,16,17). The fourth-order valence-electron chi connectivity index (χ4n) is 1.88. The molecular formula is C12H14ClIN2O2. The van der Waals surface area contributed by atoms with E-state index in [1.54, 1.807) is 18.2 Å². The molecular weight excluding hydrogens is 367 g/mol. The van der Waals surface area contributed by atoms with Crippen molar-refractivity contribution in [2.45, 2.75) is 25.0 Å². The summed E-state index contributed by atoms with van der Waals surface area (Å²) in [7, 11) is 0. The Bertz CT molecular complexity index is 456. The van der Waals surface area contributed by atoms with Crippen LogP contribution in [0.1, 0.15) is 12.8 Å². The van der Waals surface area contributed by atoms with E-state index >= 15 is 0 Å². The summed E-state index contributed by atoms with van der Waals surface area (Å²) in [6, 6.07) is 5.34. The zero-order valence-electron chi connectivity index (χ0n) is 9.66. The van der Waals surface area contributed by atoms with Gasteiger partial charge >= 0.3 is 0 Å². The van der Waals surface area contributed by atoms with Gasteiger partial charge in [0.05, 0.1) is 11.8 Å². The molecule has 0 bridgehead atoms. The van der Waals surface area contributed by atoms with Crippen LogP contribution in [0.5, 0.6) is 0 Å². The summed E-state index contributed by atoms with van der Waals surface area (Å²) in [5.74, 6) is -0.119. The van der Waals surface area contributed by atoms with E-state index in [1.165, 1.54) is 0 Å². The van der Waals surface area contributed by atoms with Gasteiger partial charge in [-0.25, -0.2) is 0 Å². The first-order valence-electron chi connectivity index (χ1n) is 5.71. The van der Waals surface area contributed by atoms with Crippen LogP contribution in [0.4, 0.5) is 5.69 Å². The van der Waals surface area contributed by atoms with Crippen LogP contribution in [0, 0.1) is 3.57 Å². The Hall–Kier alpha value is -0.370. The minimum absolute atomic E-state index is 0.00467. The Labute approximate surface area is 124 Å². The van der Waals surface area contributed by atoms with Crippen molar-refractivity contribution in [3.8, 4) is 0 Å². The summed E-state index contributed by atoms with van der Waals surface area (Å²) in [5.41, 5.74) is 6.27. The maximum atomic E-state index is 12.0. The fourth-order valence-corrected chi connectivity index (χ4v) is 2.88. The zero-order valence-corrected chi connectivity index (χ0v) is 12.6. The molecule has 2 unspecified atom stereocenters. The predicted molar refractivity (Wildman–Crippen MR) is 79.7 cm³/mol. The van der Waals surface area contributed by atoms with E-state index in [4.69, 9.17) is 22.1 Å². The molecule has 1 saturated heterocycles. The van der Waals surface area contributed by atoms with Crippen molar-refractivity contribution in [1.29, 1.82) is 0 Å². The number of hydrogen-bond donors (Lipinski definition) is 2. The number of halogens is 2. The molecule has 2 atom stereocenters. The number of carbonyl (C=O) groups is 1. The lowest BCUT2D eigenvalue weighted by Gasteiger charge is -2.13. The third-order valence-corrected chi connectivity index (χ3v) is 3.98. The number of amides is 1. The normalized spacial score (nSPS) is 23.1. The highest BCUT2D eigenvalue weighted by molar-refractivity contribution is 14.1. The zero-order chi connectivity index (χ0) is 13.1. The number of ether oxygens (including phenoxy) is 1. The molecule has 0 aromatic heterocycles. The van der Waals surface area contributed by atoms with Crippen LogP contribution in [0.3, 0.4) is 0 Å². The molecule has 4 nitrogen and oxygen atoms in total. The van der Waals surface area contributed by atoms with Gasteiger partial charge in [-0.15, -0.1) is 0 Å². The topological polar surface area (TPSA) is 64.4 Å². The minimum Gasteiger partial charge on any atom is -0.364 e. The number of nitrogens with one attached hydrogen (secondary N) is 1. The summed E-state index contributed by atoms with van der Waals surface area (Å²) >= 11 is 8.00. The number of rotatable bonds is 3. The van der Waals surface area contributed by atoms with E-state index in [-0.39, 0.29) is 12.0 Å². The first-order chi connectivity index (χ1) is 8.60. The van der Waals surface area contributed by atoms with Gasteiger partial charge < -0.3 is 15.8 Å². The predicted octanol–water partition coefficient (Wildman–Crippen LogP) is 2.39. The van der Waals surface area contributed by atoms with Crippen LogP contribution < -0.4 is 11.1 Å². The maximum absolute atomic E-state index is 12.0. The summed E-state index contributed by atoms with van der Waals surface area (Å²) in [6.45, 7) is 0.461. The first-order valence-corrected chi connectivity index (χ1v) is 7.17. The molecule has 18 heavy (non-hydrogen) atoms. The van der Waals surface area contributed by atoms with Crippen molar-refractivity contribution in [2.75, 3.05) is 11.9 Å². The van der Waals surface area contributed by atoms with Gasteiger partial charge in [0, 0.05) is 15.1 Å². The van der Waals surface area contributed by atoms with Crippen LogP contribution in [-0.2, 0) is 9.53 Å². The van der Waals surface area contributed by atoms with Gasteiger partial charge in [-0.1, -0.05) is 11.6 Å². The molecule has 2 rings (SSSR count). The van der Waals surface area contributed by atoms with Crippen LogP contribution in [0.2, 0.25) is 5.02 Å². The maximum Gasteiger partial charge on any atom is 0.253 e. The van der Waals surface area contributed by atoms with Crippen molar-refractivity contribution in [1.82, 2.24) is 0 Å². The van der Waals surface area contributed by atoms with Crippen molar-refractivity contribution < 1.29 is 9.53 Å². The van der Waals surface area contributed by atoms with Crippen molar-refractivity contribution in [2.24, 2.45) is 5.73 Å².